The predicted octanol–water partition coefficient (Wildman–Crippen LogP) is 3.02. The van der Waals surface area contributed by atoms with E-state index in [1.807, 2.05) is 13.1 Å². The van der Waals surface area contributed by atoms with Crippen LogP contribution >= 0.6 is 0 Å². The van der Waals surface area contributed by atoms with Gasteiger partial charge in [-0.15, -0.1) is 0 Å². The number of hydrogen-bond acceptors (Lipinski definition) is 2. The Bertz CT molecular complexity index is 514. The SMILES string of the molecule is CNCc1c(C(C)C)[nH]c2cc(OC)ccc12. The van der Waals surface area contributed by atoms with Gasteiger partial charge in [0.05, 0.1) is 7.11 Å². The quantitative estimate of drug-likeness (QED) is 0.850. The normalized spacial score (nSPS) is 11.4. The van der Waals surface area contributed by atoms with E-state index in [0.717, 1.165) is 17.8 Å². The van der Waals surface area contributed by atoms with Crippen molar-refractivity contribution in [3.8, 4) is 5.75 Å². The van der Waals surface area contributed by atoms with Crippen LogP contribution in [0.3, 0.4) is 0 Å². The summed E-state index contributed by atoms with van der Waals surface area (Å²) < 4.78 is 5.26. The molecule has 0 bridgehead atoms. The summed E-state index contributed by atoms with van der Waals surface area (Å²) in [4.78, 5) is 3.50. The molecule has 17 heavy (non-hydrogen) atoms. The summed E-state index contributed by atoms with van der Waals surface area (Å²) in [6.45, 7) is 5.31. The maximum atomic E-state index is 5.26. The Morgan fingerprint density at radius 3 is 2.71 bits per heavy atom. The molecule has 3 heteroatoms. The zero-order valence-electron chi connectivity index (χ0n) is 10.9. The molecule has 2 rings (SSSR count). The van der Waals surface area contributed by atoms with Crippen molar-refractivity contribution < 1.29 is 4.74 Å². The lowest BCUT2D eigenvalue weighted by molar-refractivity contribution is 0.415. The van der Waals surface area contributed by atoms with Gasteiger partial charge in [0, 0.05) is 29.2 Å². The third-order valence-corrected chi connectivity index (χ3v) is 3.08. The van der Waals surface area contributed by atoms with Crippen molar-refractivity contribution in [2.45, 2.75) is 26.3 Å². The smallest absolute Gasteiger partial charge is 0.120 e. The molecule has 0 atom stereocenters. The fourth-order valence-corrected chi connectivity index (χ4v) is 2.24. The monoisotopic (exact) mass is 232 g/mol. The number of nitrogens with one attached hydrogen (secondary N) is 2. The van der Waals surface area contributed by atoms with E-state index < -0.39 is 0 Å². The molecule has 0 spiro atoms. The molecule has 1 aromatic carbocycles. The number of methoxy groups -OCH3 is 1. The highest BCUT2D eigenvalue weighted by atomic mass is 16.5. The molecular weight excluding hydrogens is 212 g/mol. The van der Waals surface area contributed by atoms with Crippen LogP contribution in [0.5, 0.6) is 5.75 Å². The number of H-pyrrole nitrogens is 1. The van der Waals surface area contributed by atoms with Gasteiger partial charge in [-0.3, -0.25) is 0 Å². The van der Waals surface area contributed by atoms with E-state index in [0.29, 0.717) is 5.92 Å². The predicted molar refractivity (Wildman–Crippen MR) is 71.7 cm³/mol. The molecule has 1 aromatic heterocycles. The highest BCUT2D eigenvalue weighted by Gasteiger charge is 2.13. The molecule has 0 aliphatic carbocycles. The Labute approximate surface area is 102 Å². The van der Waals surface area contributed by atoms with E-state index in [2.05, 4.69) is 36.3 Å². The van der Waals surface area contributed by atoms with Crippen LogP contribution < -0.4 is 10.1 Å². The van der Waals surface area contributed by atoms with Gasteiger partial charge in [0.1, 0.15) is 5.75 Å². The van der Waals surface area contributed by atoms with Crippen LogP contribution in [0.4, 0.5) is 0 Å². The fraction of sp³-hybridized carbons (Fsp3) is 0.429. The minimum absolute atomic E-state index is 0.497. The lowest BCUT2D eigenvalue weighted by Gasteiger charge is -2.06. The Morgan fingerprint density at radius 1 is 1.35 bits per heavy atom. The zero-order chi connectivity index (χ0) is 12.4. The molecule has 0 unspecified atom stereocenters. The molecule has 0 aliphatic heterocycles. The van der Waals surface area contributed by atoms with Crippen molar-refractivity contribution in [3.05, 3.63) is 29.5 Å². The number of hydrogen-bond donors (Lipinski definition) is 2. The molecule has 1 heterocycles. The van der Waals surface area contributed by atoms with Crippen LogP contribution in [0.2, 0.25) is 0 Å². The van der Waals surface area contributed by atoms with Crippen molar-refractivity contribution in [3.63, 3.8) is 0 Å². The molecule has 0 aliphatic rings. The molecule has 0 fully saturated rings. The van der Waals surface area contributed by atoms with E-state index >= 15 is 0 Å². The van der Waals surface area contributed by atoms with Crippen molar-refractivity contribution >= 4 is 10.9 Å². The third-order valence-electron chi connectivity index (χ3n) is 3.08. The first-order valence-corrected chi connectivity index (χ1v) is 6.00. The number of aromatic amines is 1. The molecule has 2 aromatic rings. The molecule has 0 saturated carbocycles. The van der Waals surface area contributed by atoms with Crippen molar-refractivity contribution in [2.24, 2.45) is 0 Å². The first-order chi connectivity index (χ1) is 8.17. The number of aromatic nitrogens is 1. The van der Waals surface area contributed by atoms with Gasteiger partial charge >= 0.3 is 0 Å². The van der Waals surface area contributed by atoms with Gasteiger partial charge in [-0.25, -0.2) is 0 Å². The van der Waals surface area contributed by atoms with Gasteiger partial charge in [-0.05, 0) is 30.7 Å². The summed E-state index contributed by atoms with van der Waals surface area (Å²) in [7, 11) is 3.68. The summed E-state index contributed by atoms with van der Waals surface area (Å²) in [6, 6.07) is 6.20. The molecule has 0 radical (unpaired) electrons. The average Bonchev–Trinajstić information content (AvgIpc) is 2.68. The highest BCUT2D eigenvalue weighted by molar-refractivity contribution is 5.86. The van der Waals surface area contributed by atoms with Crippen LogP contribution in [0.1, 0.15) is 31.0 Å². The van der Waals surface area contributed by atoms with Crippen molar-refractivity contribution in [1.82, 2.24) is 10.3 Å². The van der Waals surface area contributed by atoms with Gasteiger partial charge in [-0.2, -0.15) is 0 Å². The number of ether oxygens (including phenoxy) is 1. The Morgan fingerprint density at radius 2 is 2.12 bits per heavy atom. The molecular formula is C14H20N2O. The van der Waals surface area contributed by atoms with Crippen LogP contribution in [0, 0.1) is 0 Å². The summed E-state index contributed by atoms with van der Waals surface area (Å²) >= 11 is 0. The highest BCUT2D eigenvalue weighted by Crippen LogP contribution is 2.29. The van der Waals surface area contributed by atoms with Crippen molar-refractivity contribution in [2.75, 3.05) is 14.2 Å². The summed E-state index contributed by atoms with van der Waals surface area (Å²) in [5.41, 5.74) is 3.82. The van der Waals surface area contributed by atoms with E-state index in [4.69, 9.17) is 4.74 Å². The van der Waals surface area contributed by atoms with Gasteiger partial charge in [0.25, 0.3) is 0 Å². The van der Waals surface area contributed by atoms with Gasteiger partial charge < -0.3 is 15.0 Å². The Balaban J connectivity index is 2.61. The first kappa shape index (κ1) is 12.0. The first-order valence-electron chi connectivity index (χ1n) is 6.00. The summed E-state index contributed by atoms with van der Waals surface area (Å²) in [6.07, 6.45) is 0. The standard InChI is InChI=1S/C14H20N2O/c1-9(2)14-12(8-15-3)11-6-5-10(17-4)7-13(11)16-14/h5-7,9,15-16H,8H2,1-4H3. The largest absolute Gasteiger partial charge is 0.497 e. The minimum atomic E-state index is 0.497. The lowest BCUT2D eigenvalue weighted by atomic mass is 10.0. The molecule has 0 amide bonds. The van der Waals surface area contributed by atoms with E-state index in [1.54, 1.807) is 7.11 Å². The Kier molecular flexibility index (Phi) is 3.38. The van der Waals surface area contributed by atoms with Crippen LogP contribution in [-0.2, 0) is 6.54 Å². The van der Waals surface area contributed by atoms with Gasteiger partial charge in [0.2, 0.25) is 0 Å². The molecule has 0 saturated heterocycles. The van der Waals surface area contributed by atoms with Crippen molar-refractivity contribution in [1.29, 1.82) is 0 Å². The molecule has 2 N–H and O–H groups in total. The second-order valence-electron chi connectivity index (χ2n) is 4.61. The van der Waals surface area contributed by atoms with Crippen LogP contribution in [0.25, 0.3) is 10.9 Å². The summed E-state index contributed by atoms with van der Waals surface area (Å²) in [5.74, 6) is 1.39. The van der Waals surface area contributed by atoms with E-state index in [1.165, 1.54) is 16.6 Å². The maximum Gasteiger partial charge on any atom is 0.120 e. The zero-order valence-corrected chi connectivity index (χ0v) is 10.9. The summed E-state index contributed by atoms with van der Waals surface area (Å²) in [5, 5.41) is 4.52. The van der Waals surface area contributed by atoms with Gasteiger partial charge in [-0.1, -0.05) is 13.8 Å². The maximum absolute atomic E-state index is 5.26. The number of fused-ring (bicyclic) bond motifs is 1. The molecule has 3 nitrogen and oxygen atoms in total. The van der Waals surface area contributed by atoms with Crippen LogP contribution in [0.15, 0.2) is 18.2 Å². The number of rotatable bonds is 4. The lowest BCUT2D eigenvalue weighted by Crippen LogP contribution is -2.07. The van der Waals surface area contributed by atoms with E-state index in [9.17, 15) is 0 Å². The third kappa shape index (κ3) is 2.15. The molecule has 92 valence electrons. The second-order valence-corrected chi connectivity index (χ2v) is 4.61. The fourth-order valence-electron chi connectivity index (χ4n) is 2.24. The van der Waals surface area contributed by atoms with Crippen LogP contribution in [-0.4, -0.2) is 19.1 Å². The number of benzene rings is 1. The Hall–Kier alpha value is -1.48. The topological polar surface area (TPSA) is 37.0 Å². The second kappa shape index (κ2) is 4.80. The minimum Gasteiger partial charge on any atom is -0.497 e. The van der Waals surface area contributed by atoms with Gasteiger partial charge in [0.15, 0.2) is 0 Å². The van der Waals surface area contributed by atoms with E-state index in [-0.39, 0.29) is 0 Å². The average molecular weight is 232 g/mol.